The van der Waals surface area contributed by atoms with Gasteiger partial charge >= 0.3 is 0 Å². The summed E-state index contributed by atoms with van der Waals surface area (Å²) in [5.41, 5.74) is 6.61. The Kier molecular flexibility index (Phi) is 5.16. The lowest BCUT2D eigenvalue weighted by Crippen LogP contribution is -2.25. The summed E-state index contributed by atoms with van der Waals surface area (Å²) in [5, 5.41) is 10.7. The van der Waals surface area contributed by atoms with Crippen molar-refractivity contribution in [2.75, 3.05) is 11.9 Å². The van der Waals surface area contributed by atoms with Gasteiger partial charge in [-0.2, -0.15) is 0 Å². The second-order valence-corrected chi connectivity index (χ2v) is 5.31. The van der Waals surface area contributed by atoms with Crippen molar-refractivity contribution in [2.45, 2.75) is 20.0 Å². The van der Waals surface area contributed by atoms with Crippen LogP contribution in [-0.4, -0.2) is 28.8 Å². The molecule has 0 bridgehead atoms. The maximum Gasteiger partial charge on any atom is 0.252 e. The Bertz CT molecular complexity index is 678. The van der Waals surface area contributed by atoms with E-state index in [1.807, 2.05) is 38.1 Å². The first-order valence-corrected chi connectivity index (χ1v) is 7.13. The SMILES string of the molecule is Cc1cccc(OC(C)CNc2nnc(Cl)cc2C(N)=O)c1. The van der Waals surface area contributed by atoms with Crippen LogP contribution in [0.15, 0.2) is 30.3 Å². The molecule has 0 aliphatic heterocycles. The van der Waals surface area contributed by atoms with E-state index in [1.165, 1.54) is 6.07 Å². The number of hydrogen-bond acceptors (Lipinski definition) is 5. The highest BCUT2D eigenvalue weighted by molar-refractivity contribution is 6.29. The number of halogens is 1. The fraction of sp³-hybridized carbons (Fsp3) is 0.267. The molecule has 22 heavy (non-hydrogen) atoms. The van der Waals surface area contributed by atoms with Gasteiger partial charge in [0.15, 0.2) is 11.0 Å². The summed E-state index contributed by atoms with van der Waals surface area (Å²) < 4.78 is 5.79. The summed E-state index contributed by atoms with van der Waals surface area (Å²) in [6.07, 6.45) is -0.139. The lowest BCUT2D eigenvalue weighted by atomic mass is 10.2. The minimum absolute atomic E-state index is 0.114. The molecule has 7 heteroatoms. The zero-order chi connectivity index (χ0) is 16.1. The zero-order valence-electron chi connectivity index (χ0n) is 12.3. The molecular formula is C15H17ClN4O2. The van der Waals surface area contributed by atoms with Crippen LogP contribution >= 0.6 is 11.6 Å². The molecule has 1 unspecified atom stereocenters. The maximum atomic E-state index is 11.4. The normalized spacial score (nSPS) is 11.8. The predicted molar refractivity (Wildman–Crippen MR) is 85.3 cm³/mol. The van der Waals surface area contributed by atoms with E-state index in [-0.39, 0.29) is 22.6 Å². The van der Waals surface area contributed by atoms with Crippen LogP contribution in [0.3, 0.4) is 0 Å². The molecule has 2 rings (SSSR count). The molecule has 6 nitrogen and oxygen atoms in total. The number of aromatic nitrogens is 2. The van der Waals surface area contributed by atoms with E-state index in [2.05, 4.69) is 15.5 Å². The molecule has 0 aliphatic carbocycles. The van der Waals surface area contributed by atoms with Crippen LogP contribution in [0.2, 0.25) is 5.15 Å². The van der Waals surface area contributed by atoms with E-state index in [0.717, 1.165) is 11.3 Å². The molecule has 1 atom stereocenters. The molecule has 1 heterocycles. The maximum absolute atomic E-state index is 11.4. The first kappa shape index (κ1) is 16.0. The number of ether oxygens (including phenoxy) is 1. The molecule has 1 amide bonds. The number of hydrogen-bond donors (Lipinski definition) is 2. The molecule has 0 saturated carbocycles. The van der Waals surface area contributed by atoms with Crippen LogP contribution in [0.1, 0.15) is 22.8 Å². The predicted octanol–water partition coefficient (Wildman–Crippen LogP) is 2.42. The highest BCUT2D eigenvalue weighted by atomic mass is 35.5. The van der Waals surface area contributed by atoms with Gasteiger partial charge in [-0.25, -0.2) is 0 Å². The van der Waals surface area contributed by atoms with Crippen molar-refractivity contribution in [3.63, 3.8) is 0 Å². The Morgan fingerprint density at radius 1 is 1.41 bits per heavy atom. The number of rotatable bonds is 6. The highest BCUT2D eigenvalue weighted by Crippen LogP contribution is 2.16. The quantitative estimate of drug-likeness (QED) is 0.853. The van der Waals surface area contributed by atoms with Gasteiger partial charge in [-0.15, -0.1) is 10.2 Å². The van der Waals surface area contributed by atoms with Crippen molar-refractivity contribution in [3.8, 4) is 5.75 Å². The first-order chi connectivity index (χ1) is 10.5. The van der Waals surface area contributed by atoms with Crippen LogP contribution in [0.25, 0.3) is 0 Å². The van der Waals surface area contributed by atoms with Gasteiger partial charge in [0, 0.05) is 0 Å². The van der Waals surface area contributed by atoms with E-state index in [1.54, 1.807) is 0 Å². The molecule has 116 valence electrons. The second kappa shape index (κ2) is 7.09. The van der Waals surface area contributed by atoms with Gasteiger partial charge in [0.2, 0.25) is 0 Å². The third-order valence-electron chi connectivity index (χ3n) is 2.91. The Balaban J connectivity index is 1.99. The van der Waals surface area contributed by atoms with Crippen molar-refractivity contribution in [2.24, 2.45) is 5.73 Å². The number of nitrogens with zero attached hydrogens (tertiary/aromatic N) is 2. The highest BCUT2D eigenvalue weighted by Gasteiger charge is 2.13. The van der Waals surface area contributed by atoms with E-state index in [4.69, 9.17) is 22.1 Å². The molecule has 0 radical (unpaired) electrons. The molecule has 0 spiro atoms. The van der Waals surface area contributed by atoms with Gasteiger partial charge in [-0.05, 0) is 37.6 Å². The third kappa shape index (κ3) is 4.33. The van der Waals surface area contributed by atoms with E-state index in [0.29, 0.717) is 6.54 Å². The number of anilines is 1. The van der Waals surface area contributed by atoms with Gasteiger partial charge in [0.25, 0.3) is 5.91 Å². The molecule has 2 aromatic rings. The molecule has 0 aliphatic rings. The number of amides is 1. The van der Waals surface area contributed by atoms with Crippen molar-refractivity contribution in [1.82, 2.24) is 10.2 Å². The Morgan fingerprint density at radius 2 is 2.18 bits per heavy atom. The molecule has 1 aromatic heterocycles. The summed E-state index contributed by atoms with van der Waals surface area (Å²) in [6.45, 7) is 4.34. The van der Waals surface area contributed by atoms with Crippen LogP contribution in [0.5, 0.6) is 5.75 Å². The van der Waals surface area contributed by atoms with Crippen molar-refractivity contribution < 1.29 is 9.53 Å². The van der Waals surface area contributed by atoms with Gasteiger partial charge < -0.3 is 15.8 Å². The smallest absolute Gasteiger partial charge is 0.252 e. The standard InChI is InChI=1S/C15H17ClN4O2/c1-9-4-3-5-11(6-9)22-10(2)8-18-15-12(14(17)21)7-13(16)19-20-15/h3-7,10H,8H2,1-2H3,(H2,17,21)(H,18,20). The van der Waals surface area contributed by atoms with E-state index >= 15 is 0 Å². The monoisotopic (exact) mass is 320 g/mol. The summed E-state index contributed by atoms with van der Waals surface area (Å²) in [4.78, 5) is 11.4. The van der Waals surface area contributed by atoms with Crippen LogP contribution in [0.4, 0.5) is 5.82 Å². The summed E-state index contributed by atoms with van der Waals surface area (Å²) in [5.74, 6) is 0.453. The molecule has 0 saturated heterocycles. The van der Waals surface area contributed by atoms with Crippen molar-refractivity contribution >= 4 is 23.3 Å². The van der Waals surface area contributed by atoms with Crippen LogP contribution in [-0.2, 0) is 0 Å². The average Bonchev–Trinajstić information content (AvgIpc) is 2.45. The largest absolute Gasteiger partial charge is 0.489 e. The zero-order valence-corrected chi connectivity index (χ0v) is 13.1. The lowest BCUT2D eigenvalue weighted by molar-refractivity contribution is 0.100. The van der Waals surface area contributed by atoms with E-state index in [9.17, 15) is 4.79 Å². The number of nitrogens with one attached hydrogen (secondary N) is 1. The number of primary amides is 1. The third-order valence-corrected chi connectivity index (χ3v) is 3.10. The number of carbonyl (C=O) groups is 1. The van der Waals surface area contributed by atoms with Gasteiger partial charge in [-0.3, -0.25) is 4.79 Å². The number of benzene rings is 1. The molecule has 1 aromatic carbocycles. The fourth-order valence-electron chi connectivity index (χ4n) is 1.89. The second-order valence-electron chi connectivity index (χ2n) is 4.92. The number of nitrogens with two attached hydrogens (primary N) is 1. The van der Waals surface area contributed by atoms with Crippen LogP contribution in [0, 0.1) is 6.92 Å². The fourth-order valence-corrected chi connectivity index (χ4v) is 2.04. The van der Waals surface area contributed by atoms with Gasteiger partial charge in [0.05, 0.1) is 12.1 Å². The summed E-state index contributed by atoms with van der Waals surface area (Å²) in [7, 11) is 0. The molecule has 0 fully saturated rings. The number of aryl methyl sites for hydroxylation is 1. The first-order valence-electron chi connectivity index (χ1n) is 6.76. The Morgan fingerprint density at radius 3 is 2.86 bits per heavy atom. The minimum atomic E-state index is -0.619. The van der Waals surface area contributed by atoms with Crippen LogP contribution < -0.4 is 15.8 Å². The minimum Gasteiger partial charge on any atom is -0.489 e. The summed E-state index contributed by atoms with van der Waals surface area (Å²) >= 11 is 5.71. The summed E-state index contributed by atoms with van der Waals surface area (Å²) in [6, 6.07) is 9.15. The van der Waals surface area contributed by atoms with Crippen molar-refractivity contribution in [3.05, 3.63) is 46.6 Å². The van der Waals surface area contributed by atoms with E-state index < -0.39 is 5.91 Å². The lowest BCUT2D eigenvalue weighted by Gasteiger charge is -2.16. The van der Waals surface area contributed by atoms with Gasteiger partial charge in [-0.1, -0.05) is 23.7 Å². The molecule has 3 N–H and O–H groups in total. The van der Waals surface area contributed by atoms with Crippen molar-refractivity contribution in [1.29, 1.82) is 0 Å². The average molecular weight is 321 g/mol. The topological polar surface area (TPSA) is 90.1 Å². The number of carbonyl (C=O) groups excluding carboxylic acids is 1. The molecular weight excluding hydrogens is 304 g/mol. The van der Waals surface area contributed by atoms with Gasteiger partial charge in [0.1, 0.15) is 11.9 Å². The Labute approximate surface area is 133 Å². The Hall–Kier alpha value is -2.34.